The van der Waals surface area contributed by atoms with E-state index in [9.17, 15) is 0 Å². The highest BCUT2D eigenvalue weighted by molar-refractivity contribution is 4.96. The van der Waals surface area contributed by atoms with Crippen molar-refractivity contribution in [2.45, 2.75) is 77.1 Å². The summed E-state index contributed by atoms with van der Waals surface area (Å²) in [5, 5.41) is 0. The van der Waals surface area contributed by atoms with Crippen molar-refractivity contribution in [1.82, 2.24) is 0 Å². The first-order chi connectivity index (χ1) is 8.26. The minimum Gasteiger partial charge on any atom is -0.378 e. The molecule has 17 heavy (non-hydrogen) atoms. The predicted octanol–water partition coefficient (Wildman–Crippen LogP) is 3.54. The molecule has 0 radical (unpaired) electrons. The summed E-state index contributed by atoms with van der Waals surface area (Å²) in [6.45, 7) is 5.69. The minimum atomic E-state index is 0.522. The van der Waals surface area contributed by atoms with Crippen LogP contribution in [0.3, 0.4) is 0 Å². The average molecular weight is 238 g/mol. The zero-order chi connectivity index (χ0) is 11.9. The third-order valence-corrected chi connectivity index (χ3v) is 5.67. The van der Waals surface area contributed by atoms with Crippen LogP contribution in [-0.2, 0) is 9.47 Å². The largest absolute Gasteiger partial charge is 0.378 e. The molecule has 2 saturated heterocycles. The van der Waals surface area contributed by atoms with Crippen molar-refractivity contribution in [3.63, 3.8) is 0 Å². The van der Waals surface area contributed by atoms with Gasteiger partial charge in [0, 0.05) is 6.61 Å². The van der Waals surface area contributed by atoms with E-state index >= 15 is 0 Å². The van der Waals surface area contributed by atoms with Crippen LogP contribution in [0.5, 0.6) is 0 Å². The zero-order valence-corrected chi connectivity index (χ0v) is 11.3. The van der Waals surface area contributed by atoms with Gasteiger partial charge in [0.25, 0.3) is 0 Å². The topological polar surface area (TPSA) is 21.8 Å². The number of ether oxygens (including phenoxy) is 2. The van der Waals surface area contributed by atoms with E-state index in [1.807, 2.05) is 0 Å². The van der Waals surface area contributed by atoms with Crippen molar-refractivity contribution < 1.29 is 9.47 Å². The molecule has 0 N–H and O–H groups in total. The summed E-state index contributed by atoms with van der Waals surface area (Å²) in [5.41, 5.74) is 0.574. The molecule has 2 nitrogen and oxygen atoms in total. The van der Waals surface area contributed by atoms with Crippen molar-refractivity contribution >= 4 is 0 Å². The number of hydrogen-bond acceptors (Lipinski definition) is 2. The molecule has 0 aromatic rings. The number of fused-ring (bicyclic) bond motifs is 1. The van der Waals surface area contributed by atoms with E-state index in [4.69, 9.17) is 9.47 Å². The molecule has 3 fully saturated rings. The maximum absolute atomic E-state index is 6.09. The summed E-state index contributed by atoms with van der Waals surface area (Å²) in [6, 6.07) is 0. The molecule has 0 bridgehead atoms. The van der Waals surface area contributed by atoms with E-state index in [1.54, 1.807) is 0 Å². The van der Waals surface area contributed by atoms with Crippen molar-refractivity contribution in [2.75, 3.05) is 6.61 Å². The predicted molar refractivity (Wildman–Crippen MR) is 68.0 cm³/mol. The molecular formula is C15H26O2. The first-order valence-corrected chi connectivity index (χ1v) is 7.53. The highest BCUT2D eigenvalue weighted by Gasteiger charge is 2.47. The maximum Gasteiger partial charge on any atom is 0.0845 e. The van der Waals surface area contributed by atoms with Gasteiger partial charge < -0.3 is 9.47 Å². The third-order valence-electron chi connectivity index (χ3n) is 5.67. The fourth-order valence-electron chi connectivity index (χ4n) is 3.98. The number of epoxide rings is 1. The molecule has 2 heterocycles. The first kappa shape index (κ1) is 12.0. The molecular weight excluding hydrogens is 212 g/mol. The lowest BCUT2D eigenvalue weighted by Crippen LogP contribution is -2.40. The summed E-state index contributed by atoms with van der Waals surface area (Å²) in [5.74, 6) is 0.775. The van der Waals surface area contributed by atoms with Crippen LogP contribution in [0.2, 0.25) is 0 Å². The second-order valence-corrected chi connectivity index (χ2v) is 6.36. The molecule has 4 unspecified atom stereocenters. The molecule has 0 amide bonds. The van der Waals surface area contributed by atoms with Crippen LogP contribution < -0.4 is 0 Å². The average Bonchev–Trinajstić information content (AvgIpc) is 3.17. The maximum atomic E-state index is 6.09. The van der Waals surface area contributed by atoms with Gasteiger partial charge in [-0.1, -0.05) is 26.7 Å². The van der Waals surface area contributed by atoms with E-state index in [2.05, 4.69) is 13.8 Å². The Kier molecular flexibility index (Phi) is 3.20. The number of hydrogen-bond donors (Lipinski definition) is 0. The molecule has 1 saturated carbocycles. The fraction of sp³-hybridized carbons (Fsp3) is 1.00. The van der Waals surface area contributed by atoms with Gasteiger partial charge in [-0.3, -0.25) is 0 Å². The summed E-state index contributed by atoms with van der Waals surface area (Å²) in [7, 11) is 0. The third kappa shape index (κ3) is 2.26. The summed E-state index contributed by atoms with van der Waals surface area (Å²) in [4.78, 5) is 0. The lowest BCUT2D eigenvalue weighted by atomic mass is 9.70. The van der Waals surface area contributed by atoms with Crippen LogP contribution in [0.25, 0.3) is 0 Å². The monoisotopic (exact) mass is 238 g/mol. The Morgan fingerprint density at radius 3 is 2.59 bits per heavy atom. The molecule has 4 atom stereocenters. The Balaban J connectivity index is 1.62. The summed E-state index contributed by atoms with van der Waals surface area (Å²) in [6.07, 6.45) is 10.8. The van der Waals surface area contributed by atoms with Gasteiger partial charge in [0.05, 0.1) is 18.3 Å². The molecule has 98 valence electrons. The molecule has 0 aromatic heterocycles. The molecule has 2 heteroatoms. The first-order valence-electron chi connectivity index (χ1n) is 7.53. The molecule has 0 aromatic carbocycles. The van der Waals surface area contributed by atoms with Crippen LogP contribution in [0.15, 0.2) is 0 Å². The van der Waals surface area contributed by atoms with Gasteiger partial charge in [-0.15, -0.1) is 0 Å². The van der Waals surface area contributed by atoms with Gasteiger partial charge in [0.2, 0.25) is 0 Å². The van der Waals surface area contributed by atoms with E-state index in [-0.39, 0.29) is 0 Å². The second-order valence-electron chi connectivity index (χ2n) is 6.36. The van der Waals surface area contributed by atoms with Crippen molar-refractivity contribution in [3.8, 4) is 0 Å². The van der Waals surface area contributed by atoms with E-state index in [1.165, 1.54) is 44.9 Å². The second kappa shape index (κ2) is 4.55. The Bertz CT molecular complexity index is 272. The lowest BCUT2D eigenvalue weighted by molar-refractivity contribution is -0.0837. The summed E-state index contributed by atoms with van der Waals surface area (Å²) >= 11 is 0. The SMILES string of the molecule is CCC1(CC)CCOC(C2CCC3OC3C2)C1. The molecule has 1 aliphatic carbocycles. The Morgan fingerprint density at radius 1 is 1.06 bits per heavy atom. The Labute approximate surface area is 105 Å². The Hall–Kier alpha value is -0.0800. The van der Waals surface area contributed by atoms with Gasteiger partial charge in [-0.2, -0.15) is 0 Å². The standard InChI is InChI=1S/C15H26O2/c1-3-15(4-2)7-8-16-14(10-15)11-5-6-12-13(9-11)17-12/h11-14H,3-10H2,1-2H3. The van der Waals surface area contributed by atoms with E-state index in [0.29, 0.717) is 23.7 Å². The zero-order valence-electron chi connectivity index (χ0n) is 11.3. The minimum absolute atomic E-state index is 0.522. The molecule has 3 aliphatic rings. The normalized spacial score (nSPS) is 44.1. The quantitative estimate of drug-likeness (QED) is 0.701. The van der Waals surface area contributed by atoms with Gasteiger partial charge in [-0.25, -0.2) is 0 Å². The molecule has 2 aliphatic heterocycles. The van der Waals surface area contributed by atoms with Crippen LogP contribution in [0.4, 0.5) is 0 Å². The van der Waals surface area contributed by atoms with Crippen LogP contribution in [0, 0.1) is 11.3 Å². The lowest BCUT2D eigenvalue weighted by Gasteiger charge is -2.43. The van der Waals surface area contributed by atoms with Crippen molar-refractivity contribution in [2.24, 2.45) is 11.3 Å². The molecule has 3 rings (SSSR count). The van der Waals surface area contributed by atoms with Gasteiger partial charge in [0.1, 0.15) is 0 Å². The highest BCUT2D eigenvalue weighted by atomic mass is 16.6. The molecule has 0 spiro atoms. The van der Waals surface area contributed by atoms with Crippen molar-refractivity contribution in [3.05, 3.63) is 0 Å². The van der Waals surface area contributed by atoms with Gasteiger partial charge in [0.15, 0.2) is 0 Å². The van der Waals surface area contributed by atoms with Gasteiger partial charge in [-0.05, 0) is 43.4 Å². The number of rotatable bonds is 3. The van der Waals surface area contributed by atoms with E-state index in [0.717, 1.165) is 12.5 Å². The van der Waals surface area contributed by atoms with Crippen LogP contribution >= 0.6 is 0 Å². The van der Waals surface area contributed by atoms with Crippen LogP contribution in [0.1, 0.15) is 58.8 Å². The van der Waals surface area contributed by atoms with Gasteiger partial charge >= 0.3 is 0 Å². The fourth-order valence-corrected chi connectivity index (χ4v) is 3.98. The van der Waals surface area contributed by atoms with Crippen LogP contribution in [-0.4, -0.2) is 24.9 Å². The van der Waals surface area contributed by atoms with E-state index < -0.39 is 0 Å². The highest BCUT2D eigenvalue weighted by Crippen LogP contribution is 2.47. The van der Waals surface area contributed by atoms with Crippen molar-refractivity contribution in [1.29, 1.82) is 0 Å². The summed E-state index contributed by atoms with van der Waals surface area (Å²) < 4.78 is 11.7. The smallest absolute Gasteiger partial charge is 0.0845 e. The Morgan fingerprint density at radius 2 is 1.88 bits per heavy atom.